The number of likely N-dealkylation sites (tertiary alicyclic amines) is 1. The summed E-state index contributed by atoms with van der Waals surface area (Å²) in [6, 6.07) is 22.3. The van der Waals surface area contributed by atoms with Crippen LogP contribution >= 0.6 is 11.6 Å². The number of nitrogens with zero attached hydrogens (tertiary/aromatic N) is 8. The van der Waals surface area contributed by atoms with Gasteiger partial charge in [0, 0.05) is 133 Å². The Kier molecular flexibility index (Phi) is 20.7. The van der Waals surface area contributed by atoms with Crippen LogP contribution in [0.5, 0.6) is 11.5 Å². The third-order valence-electron chi connectivity index (χ3n) is 21.4. The van der Waals surface area contributed by atoms with E-state index in [2.05, 4.69) is 56.6 Å². The number of rotatable bonds is 22. The number of amides is 5. The van der Waals surface area contributed by atoms with Gasteiger partial charge in [-0.1, -0.05) is 61.2 Å². The Morgan fingerprint density at radius 1 is 0.783 bits per heavy atom. The molecule has 6 N–H and O–H groups in total. The monoisotopic (exact) mass is 1280 g/mol. The summed E-state index contributed by atoms with van der Waals surface area (Å²) in [5.41, 5.74) is 9.33. The van der Waals surface area contributed by atoms with Crippen molar-refractivity contribution in [1.29, 1.82) is 0 Å². The van der Waals surface area contributed by atoms with E-state index in [9.17, 15) is 24.0 Å². The molecule has 0 spiro atoms. The van der Waals surface area contributed by atoms with Gasteiger partial charge in [0.2, 0.25) is 23.6 Å². The van der Waals surface area contributed by atoms with Gasteiger partial charge in [0.15, 0.2) is 0 Å². The summed E-state index contributed by atoms with van der Waals surface area (Å²) in [5, 5.41) is 11.5. The number of H-pyrrole nitrogens is 1. The molecular weight excluding hydrogens is 1190 g/mol. The van der Waals surface area contributed by atoms with Crippen LogP contribution < -0.4 is 36.1 Å². The number of nitrogens with one attached hydrogen (secondary N) is 4. The van der Waals surface area contributed by atoms with Crippen molar-refractivity contribution in [3.8, 4) is 11.5 Å². The number of benzene rings is 3. The van der Waals surface area contributed by atoms with E-state index in [1.165, 1.54) is 0 Å². The lowest BCUT2D eigenvalue weighted by atomic mass is 9.65. The predicted molar refractivity (Wildman–Crippen MR) is 354 cm³/mol. The van der Waals surface area contributed by atoms with Gasteiger partial charge in [-0.05, 0) is 131 Å². The summed E-state index contributed by atoms with van der Waals surface area (Å²) in [7, 11) is 1.63. The Balaban J connectivity index is 0.586. The molecule has 2 bridgehead atoms. The molecule has 6 saturated heterocycles. The van der Waals surface area contributed by atoms with Crippen LogP contribution in [-0.2, 0) is 30.5 Å². The fourth-order valence-electron chi connectivity index (χ4n) is 15.6. The summed E-state index contributed by atoms with van der Waals surface area (Å²) in [5.74, 6) is 2.31. The summed E-state index contributed by atoms with van der Waals surface area (Å²) in [6.45, 7) is 12.9. The molecule has 3 aromatic carbocycles. The molecule has 21 nitrogen and oxygen atoms in total. The number of nitrogens with two attached hydrogens (primary N) is 1. The highest BCUT2D eigenvalue weighted by atomic mass is 35.5. The molecule has 6 aliphatic heterocycles. The van der Waals surface area contributed by atoms with E-state index in [1.54, 1.807) is 13.4 Å². The topological polar surface area (TPSA) is 236 Å². The second-order valence-electron chi connectivity index (χ2n) is 27.1. The van der Waals surface area contributed by atoms with Gasteiger partial charge < -0.3 is 60.5 Å². The molecule has 2 saturated carbocycles. The van der Waals surface area contributed by atoms with Crippen LogP contribution in [0.15, 0.2) is 85.3 Å². The van der Waals surface area contributed by atoms with Gasteiger partial charge in [-0.3, -0.25) is 33.8 Å². The number of piperazine rings is 2. The maximum Gasteiger partial charge on any atom is 0.251 e. The second-order valence-corrected chi connectivity index (χ2v) is 27.5. The highest BCUT2D eigenvalue weighted by Crippen LogP contribution is 2.50. The van der Waals surface area contributed by atoms with Crippen LogP contribution in [0.3, 0.4) is 0 Å². The molecular formula is C70H94ClN13O8. The number of anilines is 1. The first kappa shape index (κ1) is 65.2. The molecule has 0 radical (unpaired) electrons. The lowest BCUT2D eigenvalue weighted by Crippen LogP contribution is -2.63. The smallest absolute Gasteiger partial charge is 0.251 e. The molecule has 8 aliphatic rings. The molecule has 2 aromatic heterocycles. The third-order valence-corrected chi connectivity index (χ3v) is 21.6. The van der Waals surface area contributed by atoms with Gasteiger partial charge in [-0.15, -0.1) is 0 Å². The number of methoxy groups -OCH3 is 1. The van der Waals surface area contributed by atoms with E-state index in [0.29, 0.717) is 102 Å². The number of carbonyl (C=O) groups excluding carboxylic acids is 5. The maximum absolute atomic E-state index is 14.7. The van der Waals surface area contributed by atoms with Crippen molar-refractivity contribution >= 4 is 58.0 Å². The van der Waals surface area contributed by atoms with Crippen molar-refractivity contribution < 1.29 is 38.2 Å². The van der Waals surface area contributed by atoms with Crippen LogP contribution in [-0.4, -0.2) is 205 Å². The lowest BCUT2D eigenvalue weighted by molar-refractivity contribution is -0.203. The molecule has 8 heterocycles. The number of hydrogen-bond donors (Lipinski definition) is 5. The van der Waals surface area contributed by atoms with Crippen LogP contribution in [0.2, 0.25) is 5.02 Å². The van der Waals surface area contributed by atoms with Gasteiger partial charge in [0.05, 0.1) is 54.9 Å². The van der Waals surface area contributed by atoms with Crippen molar-refractivity contribution in [2.24, 2.45) is 17.1 Å². The number of ether oxygens (including phenoxy) is 3. The standard InChI is InChI=1S/C70H94ClN13O8/c1-3-91-59-42-56(90-2)19-16-53(59)43-73-44-60(85)84-29-8-13-54(45-84)51-11-7-12-52(41-51)64(86)78-61(50-9-5-4-6-10-50)65(87)82-37-35-80(36-38-82)46-69-24-22-68(23-25-69,47-92-69)67(89)83-39-33-79(34-40-83)30-21-58(49-14-17-55(71)18-15-49)77-66(88)70(72)26-31-81(32-27-70)63-57-20-28-74-62(57)75-48-76-63/h7,11-12,14-20,28,41-42,48,50,54,58,61,73H,3-6,8-10,13,21-27,29-40,43-47,72H2,1-2H3,(H,77,88)(H,78,86)(H,74,75,76)/t54?,58-,61-,68?,69?/m0/s1. The van der Waals surface area contributed by atoms with Gasteiger partial charge in [-0.25, -0.2) is 9.97 Å². The first-order chi connectivity index (χ1) is 44.7. The average Bonchev–Trinajstić information content (AvgIpc) is 0.796. The fraction of sp³-hybridized carbons (Fsp3) is 0.586. The zero-order valence-corrected chi connectivity index (χ0v) is 54.6. The van der Waals surface area contributed by atoms with E-state index in [4.69, 9.17) is 31.5 Å². The number of piperidine rings is 2. The predicted octanol–water partition coefficient (Wildman–Crippen LogP) is 7.06. The first-order valence-electron chi connectivity index (χ1n) is 33.9. The van der Waals surface area contributed by atoms with E-state index >= 15 is 0 Å². The molecule has 3 atom stereocenters. The van der Waals surface area contributed by atoms with Crippen LogP contribution in [0.4, 0.5) is 5.82 Å². The molecule has 8 fully saturated rings. The Morgan fingerprint density at radius 2 is 1.53 bits per heavy atom. The molecule has 494 valence electrons. The van der Waals surface area contributed by atoms with Gasteiger partial charge in [0.25, 0.3) is 5.91 Å². The van der Waals surface area contributed by atoms with Crippen molar-refractivity contribution in [2.75, 3.05) is 123 Å². The molecule has 2 aliphatic carbocycles. The highest BCUT2D eigenvalue weighted by molar-refractivity contribution is 6.30. The summed E-state index contributed by atoms with van der Waals surface area (Å²) in [6.07, 6.45) is 15.1. The minimum atomic E-state index is -1.03. The zero-order valence-electron chi connectivity index (χ0n) is 53.8. The lowest BCUT2D eigenvalue weighted by Gasteiger charge is -2.55. The number of carbonyl (C=O) groups is 5. The normalized spacial score (nSPS) is 23.8. The van der Waals surface area contributed by atoms with Crippen molar-refractivity contribution in [3.05, 3.63) is 113 Å². The molecule has 13 rings (SSSR count). The number of aromatic nitrogens is 3. The van der Waals surface area contributed by atoms with Crippen LogP contribution in [0.25, 0.3) is 11.0 Å². The molecule has 1 unspecified atom stereocenters. The van der Waals surface area contributed by atoms with Crippen LogP contribution in [0, 0.1) is 11.3 Å². The Bertz CT molecular complexity index is 3350. The zero-order chi connectivity index (χ0) is 63.8. The van der Waals surface area contributed by atoms with E-state index < -0.39 is 17.0 Å². The quantitative estimate of drug-likeness (QED) is 0.0467. The summed E-state index contributed by atoms with van der Waals surface area (Å²) in [4.78, 5) is 96.3. The Labute approximate surface area is 546 Å². The first-order valence-corrected chi connectivity index (χ1v) is 34.3. The number of aromatic amines is 1. The largest absolute Gasteiger partial charge is 0.497 e. The van der Waals surface area contributed by atoms with E-state index in [0.717, 1.165) is 155 Å². The highest BCUT2D eigenvalue weighted by Gasteiger charge is 2.55. The Morgan fingerprint density at radius 3 is 2.26 bits per heavy atom. The third kappa shape index (κ3) is 14.9. The SMILES string of the molecule is CCOc1cc(OC)ccc1CNCC(=O)N1CCCC(c2cccc(C(=O)N[C@H](C(=O)N3CCN(CC45CCC(C(=O)N6CCN(CC[C@H](NC(=O)C7(N)CCN(c8ncnc9[nH]ccc89)CC7)c7ccc(Cl)cc7)CC6)(CC4)CO5)CC3)C3CCCCC3)c2)C1. The molecule has 92 heavy (non-hydrogen) atoms. The minimum absolute atomic E-state index is 0.00377. The van der Waals surface area contributed by atoms with E-state index in [1.807, 2.05) is 89.7 Å². The fourth-order valence-corrected chi connectivity index (χ4v) is 15.7. The second kappa shape index (κ2) is 29.2. The number of halogens is 1. The van der Waals surface area contributed by atoms with Crippen molar-refractivity contribution in [1.82, 2.24) is 55.4 Å². The maximum atomic E-state index is 14.7. The Hall–Kier alpha value is -6.88. The average molecular weight is 1280 g/mol. The van der Waals surface area contributed by atoms with Crippen LogP contribution in [0.1, 0.15) is 136 Å². The van der Waals surface area contributed by atoms with Gasteiger partial charge in [-0.2, -0.15) is 0 Å². The molecule has 22 heteroatoms. The van der Waals surface area contributed by atoms with Crippen molar-refractivity contribution in [2.45, 2.75) is 133 Å². The number of hydrogen-bond acceptors (Lipinski definition) is 15. The molecule has 5 amide bonds. The summed E-state index contributed by atoms with van der Waals surface area (Å²) < 4.78 is 18.0. The van der Waals surface area contributed by atoms with E-state index in [-0.39, 0.29) is 59.6 Å². The number of fused-ring (bicyclic) bond motifs is 4. The van der Waals surface area contributed by atoms with Gasteiger partial charge in [0.1, 0.15) is 35.3 Å². The van der Waals surface area contributed by atoms with Gasteiger partial charge >= 0.3 is 0 Å². The van der Waals surface area contributed by atoms with Crippen molar-refractivity contribution in [3.63, 3.8) is 0 Å². The minimum Gasteiger partial charge on any atom is -0.497 e. The summed E-state index contributed by atoms with van der Waals surface area (Å²) >= 11 is 6.33. The molecule has 5 aromatic rings.